The Labute approximate surface area is 132 Å². The van der Waals surface area contributed by atoms with Crippen molar-refractivity contribution in [1.82, 2.24) is 4.72 Å². The van der Waals surface area contributed by atoms with Gasteiger partial charge in [0.15, 0.2) is 8.32 Å². The second-order valence-corrected chi connectivity index (χ2v) is 13.1. The van der Waals surface area contributed by atoms with Crippen molar-refractivity contribution in [2.24, 2.45) is 0 Å². The highest BCUT2D eigenvalue weighted by Gasteiger charge is 2.36. The molecule has 0 heterocycles. The number of benzene rings is 1. The molecule has 22 heavy (non-hydrogen) atoms. The molecule has 0 aromatic heterocycles. The summed E-state index contributed by atoms with van der Waals surface area (Å²) in [7, 11) is -5.97. The van der Waals surface area contributed by atoms with Gasteiger partial charge < -0.3 is 4.43 Å². The van der Waals surface area contributed by atoms with Crippen molar-refractivity contribution in [3.63, 3.8) is 0 Å². The van der Waals surface area contributed by atoms with E-state index in [1.165, 1.54) is 0 Å². The lowest BCUT2D eigenvalue weighted by Crippen LogP contribution is -2.42. The van der Waals surface area contributed by atoms with Crippen molar-refractivity contribution in [2.45, 2.75) is 43.8 Å². The van der Waals surface area contributed by atoms with Crippen molar-refractivity contribution in [1.29, 1.82) is 0 Å². The molecular formula is C14H23F2NO3SSi. The highest BCUT2D eigenvalue weighted by molar-refractivity contribution is 7.89. The zero-order valence-corrected chi connectivity index (χ0v) is 15.4. The Morgan fingerprint density at radius 1 is 1.23 bits per heavy atom. The summed E-state index contributed by atoms with van der Waals surface area (Å²) in [6, 6.07) is 2.35. The molecule has 0 aliphatic carbocycles. The van der Waals surface area contributed by atoms with Crippen LogP contribution in [0.15, 0.2) is 23.1 Å². The van der Waals surface area contributed by atoms with Gasteiger partial charge in [0.2, 0.25) is 10.0 Å². The van der Waals surface area contributed by atoms with Crippen LogP contribution in [0.3, 0.4) is 0 Å². The van der Waals surface area contributed by atoms with E-state index in [1.54, 1.807) is 0 Å². The van der Waals surface area contributed by atoms with Gasteiger partial charge in [-0.2, -0.15) is 0 Å². The fourth-order valence-electron chi connectivity index (χ4n) is 1.47. The standard InChI is InChI=1S/C14H23F2NO3SSi/c1-14(2,3)22(4,5)20-9-8-17-21(18,19)13-7-6-11(15)10-12(13)16/h6-7,10,17H,8-9H2,1-5H3. The molecule has 0 atom stereocenters. The molecule has 1 rings (SSSR count). The van der Waals surface area contributed by atoms with Crippen LogP contribution in [0.4, 0.5) is 8.78 Å². The van der Waals surface area contributed by atoms with Gasteiger partial charge in [-0.15, -0.1) is 0 Å². The maximum absolute atomic E-state index is 13.5. The Kier molecular flexibility index (Phi) is 5.88. The van der Waals surface area contributed by atoms with Gasteiger partial charge >= 0.3 is 0 Å². The minimum atomic E-state index is -4.02. The maximum atomic E-state index is 13.5. The Bertz CT molecular complexity index is 627. The lowest BCUT2D eigenvalue weighted by molar-refractivity contribution is 0.293. The first kappa shape index (κ1) is 19.2. The molecule has 0 saturated heterocycles. The van der Waals surface area contributed by atoms with E-state index in [4.69, 9.17) is 4.43 Å². The van der Waals surface area contributed by atoms with E-state index in [-0.39, 0.29) is 18.2 Å². The van der Waals surface area contributed by atoms with Crippen molar-refractivity contribution in [3.8, 4) is 0 Å². The van der Waals surface area contributed by atoms with E-state index in [1.807, 2.05) is 0 Å². The molecule has 0 bridgehead atoms. The second-order valence-electron chi connectivity index (χ2n) is 6.58. The number of nitrogens with one attached hydrogen (secondary N) is 1. The van der Waals surface area contributed by atoms with Crippen molar-refractivity contribution >= 4 is 18.3 Å². The molecule has 1 aromatic rings. The first-order chi connectivity index (χ1) is 9.87. The Balaban J connectivity index is 2.65. The van der Waals surface area contributed by atoms with E-state index in [0.717, 1.165) is 12.1 Å². The zero-order chi connectivity index (χ0) is 17.2. The minimum absolute atomic E-state index is 0.0228. The Hall–Kier alpha value is -0.833. The third-order valence-corrected chi connectivity index (χ3v) is 9.88. The number of halogens is 2. The first-order valence-corrected chi connectivity index (χ1v) is 11.3. The van der Waals surface area contributed by atoms with E-state index < -0.39 is 34.9 Å². The summed E-state index contributed by atoms with van der Waals surface area (Å²) < 4.78 is 58.4. The molecule has 8 heteroatoms. The zero-order valence-electron chi connectivity index (χ0n) is 13.5. The predicted octanol–water partition coefficient (Wildman–Crippen LogP) is 3.26. The van der Waals surface area contributed by atoms with Crippen molar-refractivity contribution in [2.75, 3.05) is 13.2 Å². The Morgan fingerprint density at radius 2 is 1.82 bits per heavy atom. The van der Waals surface area contributed by atoms with Crippen LogP contribution in [0.5, 0.6) is 0 Å². The number of hydrogen-bond donors (Lipinski definition) is 1. The molecular weight excluding hydrogens is 328 g/mol. The summed E-state index contributed by atoms with van der Waals surface area (Å²) in [6.45, 7) is 10.6. The average Bonchev–Trinajstić information content (AvgIpc) is 2.32. The summed E-state index contributed by atoms with van der Waals surface area (Å²) in [5, 5.41) is 0.0228. The second kappa shape index (κ2) is 6.73. The van der Waals surface area contributed by atoms with Gasteiger partial charge in [-0.3, -0.25) is 0 Å². The third-order valence-electron chi connectivity index (χ3n) is 3.85. The molecule has 0 aliphatic rings. The van der Waals surface area contributed by atoms with Crippen LogP contribution < -0.4 is 4.72 Å². The van der Waals surface area contributed by atoms with Gasteiger partial charge in [0.1, 0.15) is 16.5 Å². The lowest BCUT2D eigenvalue weighted by atomic mass is 10.2. The van der Waals surface area contributed by atoms with E-state index in [0.29, 0.717) is 6.07 Å². The van der Waals surface area contributed by atoms with Crippen molar-refractivity contribution in [3.05, 3.63) is 29.8 Å². The molecule has 4 nitrogen and oxygen atoms in total. The largest absolute Gasteiger partial charge is 0.415 e. The van der Waals surface area contributed by atoms with Crippen LogP contribution >= 0.6 is 0 Å². The van der Waals surface area contributed by atoms with Crippen LogP contribution in [-0.2, 0) is 14.4 Å². The van der Waals surface area contributed by atoms with E-state index >= 15 is 0 Å². The van der Waals surface area contributed by atoms with Crippen LogP contribution in [0.2, 0.25) is 18.1 Å². The molecule has 1 aromatic carbocycles. The highest BCUT2D eigenvalue weighted by Crippen LogP contribution is 2.36. The first-order valence-electron chi connectivity index (χ1n) is 6.95. The molecule has 0 aliphatic heterocycles. The summed E-state index contributed by atoms with van der Waals surface area (Å²) in [5.41, 5.74) is 0. The fraction of sp³-hybridized carbons (Fsp3) is 0.571. The quantitative estimate of drug-likeness (QED) is 0.632. The summed E-state index contributed by atoms with van der Waals surface area (Å²) in [6.07, 6.45) is 0. The molecule has 0 saturated carbocycles. The predicted molar refractivity (Wildman–Crippen MR) is 84.7 cm³/mol. The fourth-order valence-corrected chi connectivity index (χ4v) is 3.59. The normalized spacial score (nSPS) is 13.4. The van der Waals surface area contributed by atoms with Gasteiger partial charge in [-0.1, -0.05) is 20.8 Å². The van der Waals surface area contributed by atoms with Crippen LogP contribution in [0, 0.1) is 11.6 Å². The SMILES string of the molecule is CC(C)(C)[Si](C)(C)OCCNS(=O)(=O)c1ccc(F)cc1F. The molecule has 0 radical (unpaired) electrons. The van der Waals surface area contributed by atoms with Crippen LogP contribution in [0.1, 0.15) is 20.8 Å². The van der Waals surface area contributed by atoms with Gasteiger partial charge in [0.25, 0.3) is 0 Å². The topological polar surface area (TPSA) is 55.4 Å². The molecule has 126 valence electrons. The summed E-state index contributed by atoms with van der Waals surface area (Å²) in [5.74, 6) is -1.93. The number of rotatable bonds is 6. The third kappa shape index (κ3) is 4.84. The molecule has 0 spiro atoms. The van der Waals surface area contributed by atoms with Gasteiger partial charge in [0.05, 0.1) is 0 Å². The maximum Gasteiger partial charge on any atom is 0.243 e. The van der Waals surface area contributed by atoms with Crippen LogP contribution in [0.25, 0.3) is 0 Å². The highest BCUT2D eigenvalue weighted by atomic mass is 32.2. The molecule has 0 unspecified atom stereocenters. The van der Waals surface area contributed by atoms with Crippen molar-refractivity contribution < 1.29 is 21.6 Å². The smallest absolute Gasteiger partial charge is 0.243 e. The minimum Gasteiger partial charge on any atom is -0.415 e. The van der Waals surface area contributed by atoms with Crippen LogP contribution in [-0.4, -0.2) is 29.9 Å². The van der Waals surface area contributed by atoms with E-state index in [2.05, 4.69) is 38.6 Å². The number of sulfonamides is 1. The molecule has 0 amide bonds. The van der Waals surface area contributed by atoms with E-state index in [9.17, 15) is 17.2 Å². The van der Waals surface area contributed by atoms with Gasteiger partial charge in [-0.25, -0.2) is 21.9 Å². The molecule has 1 N–H and O–H groups in total. The lowest BCUT2D eigenvalue weighted by Gasteiger charge is -2.36. The average molecular weight is 351 g/mol. The van der Waals surface area contributed by atoms with Gasteiger partial charge in [0, 0.05) is 19.2 Å². The van der Waals surface area contributed by atoms with Gasteiger partial charge in [-0.05, 0) is 30.3 Å². The monoisotopic (exact) mass is 351 g/mol. The Morgan fingerprint density at radius 3 is 2.32 bits per heavy atom. The number of hydrogen-bond acceptors (Lipinski definition) is 3. The molecule has 0 fully saturated rings. The summed E-state index contributed by atoms with van der Waals surface area (Å²) in [4.78, 5) is -0.568. The summed E-state index contributed by atoms with van der Waals surface area (Å²) >= 11 is 0.